The van der Waals surface area contributed by atoms with E-state index in [1.54, 1.807) is 20.3 Å². The van der Waals surface area contributed by atoms with Gasteiger partial charge >= 0.3 is 0 Å². The molecule has 9 heteroatoms. The fraction of sp³-hybridized carbons (Fsp3) is 0.290. The van der Waals surface area contributed by atoms with Gasteiger partial charge in [-0.3, -0.25) is 14.6 Å². The van der Waals surface area contributed by atoms with Crippen LogP contribution in [0.1, 0.15) is 22.7 Å². The minimum Gasteiger partial charge on any atom is -0.493 e. The molecule has 8 nitrogen and oxygen atoms in total. The molecule has 3 aromatic carbocycles. The number of benzene rings is 3. The fourth-order valence-corrected chi connectivity index (χ4v) is 5.65. The van der Waals surface area contributed by atoms with Crippen LogP contribution < -0.4 is 14.8 Å². The molecular weight excluding hydrogens is 509 g/mol. The number of hydrogen-bond acceptors (Lipinski definition) is 6. The van der Waals surface area contributed by atoms with Crippen LogP contribution in [-0.4, -0.2) is 72.4 Å². The zero-order valence-corrected chi connectivity index (χ0v) is 22.6. The summed E-state index contributed by atoms with van der Waals surface area (Å²) < 4.78 is 27.2. The lowest BCUT2D eigenvalue weighted by Gasteiger charge is -2.34. The molecule has 1 amide bonds. The summed E-state index contributed by atoms with van der Waals surface area (Å²) in [6.45, 7) is 3.90. The van der Waals surface area contributed by atoms with Gasteiger partial charge in [0.2, 0.25) is 5.91 Å². The van der Waals surface area contributed by atoms with Crippen LogP contribution in [0.25, 0.3) is 16.9 Å². The van der Waals surface area contributed by atoms with Gasteiger partial charge in [0.15, 0.2) is 11.5 Å². The van der Waals surface area contributed by atoms with E-state index in [1.807, 2.05) is 65.5 Å². The zero-order valence-electron chi connectivity index (χ0n) is 22.6. The number of ether oxygens (including phenoxy) is 2. The highest BCUT2D eigenvalue weighted by atomic mass is 19.1. The van der Waals surface area contributed by atoms with Crippen LogP contribution in [0, 0.1) is 5.82 Å². The lowest BCUT2D eigenvalue weighted by atomic mass is 10.0. The molecule has 1 aliphatic carbocycles. The SMILES string of the molecule is COc1cc2c(cc1OC)C(NC(=O)CN1CCN(Cc3ccccc3F)CC1)c1cnn(-c3ccccc3)c1-2. The van der Waals surface area contributed by atoms with Gasteiger partial charge in [0.25, 0.3) is 0 Å². The minimum atomic E-state index is -0.364. The van der Waals surface area contributed by atoms with Crippen LogP contribution in [0.15, 0.2) is 72.9 Å². The van der Waals surface area contributed by atoms with Crippen LogP contribution in [0.3, 0.4) is 0 Å². The van der Waals surface area contributed by atoms with Gasteiger partial charge < -0.3 is 14.8 Å². The average molecular weight is 542 g/mol. The number of carbonyl (C=O) groups excluding carboxylic acids is 1. The number of piperazine rings is 1. The molecule has 2 heterocycles. The van der Waals surface area contributed by atoms with Crippen molar-refractivity contribution in [1.82, 2.24) is 24.9 Å². The second-order valence-corrected chi connectivity index (χ2v) is 10.1. The summed E-state index contributed by atoms with van der Waals surface area (Å²) in [6.07, 6.45) is 1.83. The van der Waals surface area contributed by atoms with Gasteiger partial charge in [-0.1, -0.05) is 36.4 Å². The monoisotopic (exact) mass is 541 g/mol. The van der Waals surface area contributed by atoms with Crippen molar-refractivity contribution in [2.75, 3.05) is 46.9 Å². The Bertz CT molecular complexity index is 1510. The van der Waals surface area contributed by atoms with E-state index < -0.39 is 0 Å². The maximum Gasteiger partial charge on any atom is 0.234 e. The van der Waals surface area contributed by atoms with Gasteiger partial charge in [0.05, 0.1) is 44.4 Å². The van der Waals surface area contributed by atoms with E-state index in [0.29, 0.717) is 23.6 Å². The van der Waals surface area contributed by atoms with Gasteiger partial charge in [0.1, 0.15) is 5.82 Å². The summed E-state index contributed by atoms with van der Waals surface area (Å²) in [4.78, 5) is 17.7. The first-order valence-electron chi connectivity index (χ1n) is 13.4. The predicted octanol–water partition coefficient (Wildman–Crippen LogP) is 4.03. The quantitative estimate of drug-likeness (QED) is 0.363. The number of amides is 1. The van der Waals surface area contributed by atoms with Gasteiger partial charge in [-0.2, -0.15) is 5.10 Å². The summed E-state index contributed by atoms with van der Waals surface area (Å²) in [5.74, 6) is 0.989. The molecule has 0 spiro atoms. The first-order valence-corrected chi connectivity index (χ1v) is 13.4. The Balaban J connectivity index is 1.19. The number of nitrogens with one attached hydrogen (secondary N) is 1. The highest BCUT2D eigenvalue weighted by molar-refractivity contribution is 5.84. The largest absolute Gasteiger partial charge is 0.493 e. The van der Waals surface area contributed by atoms with Crippen molar-refractivity contribution in [3.63, 3.8) is 0 Å². The minimum absolute atomic E-state index is 0.0615. The molecule has 1 aromatic heterocycles. The third kappa shape index (κ3) is 4.94. The van der Waals surface area contributed by atoms with Crippen LogP contribution in [-0.2, 0) is 11.3 Å². The van der Waals surface area contributed by atoms with E-state index in [0.717, 1.165) is 54.3 Å². The van der Waals surface area contributed by atoms with Crippen molar-refractivity contribution in [3.8, 4) is 28.4 Å². The van der Waals surface area contributed by atoms with E-state index in [1.165, 1.54) is 6.07 Å². The van der Waals surface area contributed by atoms with Crippen molar-refractivity contribution in [2.45, 2.75) is 12.6 Å². The number of aromatic nitrogens is 2. The van der Waals surface area contributed by atoms with E-state index in [9.17, 15) is 9.18 Å². The maximum atomic E-state index is 14.1. The predicted molar refractivity (Wildman–Crippen MR) is 150 cm³/mol. The molecule has 4 aromatic rings. The first-order chi connectivity index (χ1) is 19.6. The first kappa shape index (κ1) is 26.0. The molecule has 1 fully saturated rings. The Labute approximate surface area is 232 Å². The lowest BCUT2D eigenvalue weighted by Crippen LogP contribution is -2.49. The molecular formula is C31H32FN5O3. The Kier molecular flexibility index (Phi) is 7.23. The smallest absolute Gasteiger partial charge is 0.234 e. The molecule has 1 atom stereocenters. The highest BCUT2D eigenvalue weighted by Gasteiger charge is 2.36. The highest BCUT2D eigenvalue weighted by Crippen LogP contribution is 2.48. The summed E-state index contributed by atoms with van der Waals surface area (Å²) in [5, 5.41) is 7.93. The van der Waals surface area contributed by atoms with Crippen molar-refractivity contribution < 1.29 is 18.7 Å². The van der Waals surface area contributed by atoms with Crippen LogP contribution >= 0.6 is 0 Å². The lowest BCUT2D eigenvalue weighted by molar-refractivity contribution is -0.123. The van der Waals surface area contributed by atoms with Gasteiger partial charge in [-0.25, -0.2) is 9.07 Å². The van der Waals surface area contributed by atoms with Crippen molar-refractivity contribution in [1.29, 1.82) is 0 Å². The number of fused-ring (bicyclic) bond motifs is 3. The Hall–Kier alpha value is -4.21. The van der Waals surface area contributed by atoms with Gasteiger partial charge in [-0.05, 0) is 35.9 Å². The average Bonchev–Trinajstić information content (AvgIpc) is 3.54. The maximum absolute atomic E-state index is 14.1. The molecule has 206 valence electrons. The van der Waals surface area contributed by atoms with Crippen LogP contribution in [0.5, 0.6) is 11.5 Å². The van der Waals surface area contributed by atoms with E-state index in [-0.39, 0.29) is 24.3 Å². The summed E-state index contributed by atoms with van der Waals surface area (Å²) >= 11 is 0. The molecule has 1 saturated heterocycles. The zero-order chi connectivity index (χ0) is 27.6. The number of methoxy groups -OCH3 is 2. The third-order valence-corrected chi connectivity index (χ3v) is 7.72. The van der Waals surface area contributed by atoms with Crippen LogP contribution in [0.2, 0.25) is 0 Å². The van der Waals surface area contributed by atoms with Crippen LogP contribution in [0.4, 0.5) is 4.39 Å². The second kappa shape index (κ2) is 11.1. The second-order valence-electron chi connectivity index (χ2n) is 10.1. The van der Waals surface area contributed by atoms with E-state index >= 15 is 0 Å². The van der Waals surface area contributed by atoms with E-state index in [4.69, 9.17) is 9.47 Å². The molecule has 40 heavy (non-hydrogen) atoms. The molecule has 0 saturated carbocycles. The molecule has 0 bridgehead atoms. The summed E-state index contributed by atoms with van der Waals surface area (Å²) in [5.41, 5.74) is 5.38. The van der Waals surface area contributed by atoms with E-state index in [2.05, 4.69) is 20.2 Å². The standard InChI is InChI=1S/C31H32FN5O3/c1-39-27-16-23-24(17-28(27)40-2)31-25(18-33-37(31)22-9-4-3-5-10-22)30(23)34-29(38)20-36-14-12-35(13-15-36)19-21-8-6-7-11-26(21)32/h3-11,16-18,30H,12-15,19-20H2,1-2H3,(H,34,38). The number of rotatable bonds is 8. The molecule has 1 aliphatic heterocycles. The van der Waals surface area contributed by atoms with Gasteiger partial charge in [0, 0.05) is 49.4 Å². The third-order valence-electron chi connectivity index (χ3n) is 7.72. The summed E-state index contributed by atoms with van der Waals surface area (Å²) in [6, 6.07) is 20.4. The Morgan fingerprint density at radius 1 is 0.925 bits per heavy atom. The molecule has 2 aliphatic rings. The Morgan fingerprint density at radius 2 is 1.60 bits per heavy atom. The fourth-order valence-electron chi connectivity index (χ4n) is 5.65. The van der Waals surface area contributed by atoms with Crippen molar-refractivity contribution in [2.24, 2.45) is 0 Å². The van der Waals surface area contributed by atoms with Crippen molar-refractivity contribution >= 4 is 5.91 Å². The number of hydrogen-bond donors (Lipinski definition) is 1. The number of para-hydroxylation sites is 1. The number of halogens is 1. The molecule has 1 N–H and O–H groups in total. The summed E-state index contributed by atoms with van der Waals surface area (Å²) in [7, 11) is 3.22. The topological polar surface area (TPSA) is 71.9 Å². The molecule has 1 unspecified atom stereocenters. The number of carbonyl (C=O) groups is 1. The molecule has 6 rings (SSSR count). The normalized spacial score (nSPS) is 16.8. The Morgan fingerprint density at radius 3 is 2.33 bits per heavy atom. The number of nitrogens with zero attached hydrogens (tertiary/aromatic N) is 4. The van der Waals surface area contributed by atoms with Gasteiger partial charge in [-0.15, -0.1) is 0 Å². The van der Waals surface area contributed by atoms with Crippen molar-refractivity contribution in [3.05, 3.63) is 95.4 Å². The molecule has 0 radical (unpaired) electrons.